The van der Waals surface area contributed by atoms with Crippen LogP contribution in [0.3, 0.4) is 0 Å². The lowest BCUT2D eigenvalue weighted by atomic mass is 9.91. The summed E-state index contributed by atoms with van der Waals surface area (Å²) in [4.78, 5) is 17.6. The zero-order valence-corrected chi connectivity index (χ0v) is 12.8. The van der Waals surface area contributed by atoms with Crippen LogP contribution < -0.4 is 5.32 Å². The predicted octanol–water partition coefficient (Wildman–Crippen LogP) is 1.96. The summed E-state index contributed by atoms with van der Waals surface area (Å²) in [5, 5.41) is 16.4. The molecular weight excluding hydrogens is 327 g/mol. The van der Waals surface area contributed by atoms with Crippen LogP contribution in [-0.2, 0) is 0 Å². The number of aryl methyl sites for hydroxylation is 1. The van der Waals surface area contributed by atoms with E-state index in [0.717, 1.165) is 0 Å². The first-order valence-electron chi connectivity index (χ1n) is 7.36. The van der Waals surface area contributed by atoms with Gasteiger partial charge in [-0.15, -0.1) is 0 Å². The van der Waals surface area contributed by atoms with E-state index in [1.807, 2.05) is 0 Å². The van der Waals surface area contributed by atoms with Crippen molar-refractivity contribution in [2.45, 2.75) is 31.5 Å². The van der Waals surface area contributed by atoms with E-state index in [4.69, 9.17) is 0 Å². The van der Waals surface area contributed by atoms with Gasteiger partial charge in [0.05, 0.1) is 11.9 Å². The molecule has 0 aromatic carbocycles. The third-order valence-electron chi connectivity index (χ3n) is 4.09. The number of aromatic nitrogens is 3. The van der Waals surface area contributed by atoms with Crippen molar-refractivity contribution in [1.29, 1.82) is 0 Å². The molecule has 1 saturated heterocycles. The van der Waals surface area contributed by atoms with E-state index in [9.17, 15) is 23.1 Å². The summed E-state index contributed by atoms with van der Waals surface area (Å²) in [7, 11) is 0. The fourth-order valence-electron chi connectivity index (χ4n) is 2.63. The minimum Gasteiger partial charge on any atom is -0.380 e. The van der Waals surface area contributed by atoms with Crippen LogP contribution in [0.25, 0.3) is 5.65 Å². The highest BCUT2D eigenvalue weighted by Gasteiger charge is 2.54. The highest BCUT2D eigenvalue weighted by atomic mass is 19.4. The van der Waals surface area contributed by atoms with Crippen molar-refractivity contribution >= 4 is 17.4 Å². The Labute approximate surface area is 135 Å². The topological polar surface area (TPSA) is 82.8 Å². The van der Waals surface area contributed by atoms with Crippen molar-refractivity contribution in [2.24, 2.45) is 0 Å². The molecule has 0 spiro atoms. The molecule has 1 fully saturated rings. The summed E-state index contributed by atoms with van der Waals surface area (Å²) in [5.41, 5.74) is -1.64. The van der Waals surface area contributed by atoms with Gasteiger partial charge < -0.3 is 15.3 Å². The summed E-state index contributed by atoms with van der Waals surface area (Å²) >= 11 is 0. The van der Waals surface area contributed by atoms with Crippen LogP contribution >= 0.6 is 0 Å². The van der Waals surface area contributed by atoms with Crippen molar-refractivity contribution in [3.63, 3.8) is 0 Å². The Kier molecular flexibility index (Phi) is 3.86. The Balaban J connectivity index is 1.65. The molecule has 2 amide bonds. The number of carbonyl (C=O) groups is 1. The Bertz CT molecular complexity index is 765. The number of alkyl halides is 3. The molecule has 7 nitrogen and oxygen atoms in total. The fraction of sp³-hybridized carbons (Fsp3) is 0.500. The third kappa shape index (κ3) is 3.01. The van der Waals surface area contributed by atoms with Crippen LogP contribution in [0.2, 0.25) is 0 Å². The van der Waals surface area contributed by atoms with E-state index >= 15 is 0 Å². The lowest BCUT2D eigenvalue weighted by molar-refractivity contribution is -0.271. The van der Waals surface area contributed by atoms with Crippen molar-refractivity contribution < 1.29 is 23.1 Å². The van der Waals surface area contributed by atoms with E-state index < -0.39 is 30.7 Å². The normalized spacial score (nSPS) is 18.0. The van der Waals surface area contributed by atoms with Gasteiger partial charge in [0, 0.05) is 25.9 Å². The average Bonchev–Trinajstić information content (AvgIpc) is 2.86. The standard InChI is InChI=1S/C14H16F3N5O2/c1-9-18-11-3-2-10(8-22(11)20-9)19-12(23)21-6-4-13(24,5-7-21)14(15,16)17/h2-3,8,24H,4-7H2,1H3,(H,19,23). The molecule has 3 heterocycles. The number of nitrogens with zero attached hydrogens (tertiary/aromatic N) is 4. The Morgan fingerprint density at radius 3 is 2.62 bits per heavy atom. The quantitative estimate of drug-likeness (QED) is 0.829. The van der Waals surface area contributed by atoms with Crippen LogP contribution in [-0.4, -0.2) is 55.5 Å². The van der Waals surface area contributed by atoms with E-state index in [1.165, 1.54) is 9.42 Å². The van der Waals surface area contributed by atoms with Gasteiger partial charge in [-0.25, -0.2) is 14.3 Å². The zero-order valence-electron chi connectivity index (χ0n) is 12.8. The van der Waals surface area contributed by atoms with Gasteiger partial charge in [0.15, 0.2) is 11.2 Å². The number of amides is 2. The van der Waals surface area contributed by atoms with E-state index in [0.29, 0.717) is 17.2 Å². The number of anilines is 1. The second-order valence-electron chi connectivity index (χ2n) is 5.83. The molecule has 3 rings (SSSR count). The molecule has 0 bridgehead atoms. The first-order valence-corrected chi connectivity index (χ1v) is 7.36. The number of hydrogen-bond donors (Lipinski definition) is 2. The van der Waals surface area contributed by atoms with Gasteiger partial charge in [0.2, 0.25) is 0 Å². The van der Waals surface area contributed by atoms with Gasteiger partial charge in [-0.05, 0) is 19.1 Å². The molecule has 130 valence electrons. The van der Waals surface area contributed by atoms with E-state index in [-0.39, 0.29) is 13.1 Å². The number of halogens is 3. The maximum absolute atomic E-state index is 12.8. The number of hydrogen-bond acceptors (Lipinski definition) is 4. The lowest BCUT2D eigenvalue weighted by Gasteiger charge is -2.38. The highest BCUT2D eigenvalue weighted by Crippen LogP contribution is 2.38. The molecule has 0 radical (unpaired) electrons. The second-order valence-corrected chi connectivity index (χ2v) is 5.83. The van der Waals surface area contributed by atoms with Gasteiger partial charge >= 0.3 is 12.2 Å². The number of piperidine rings is 1. The number of aliphatic hydroxyl groups is 1. The minimum absolute atomic E-state index is 0.174. The molecule has 0 atom stereocenters. The molecule has 0 aliphatic carbocycles. The van der Waals surface area contributed by atoms with Gasteiger partial charge in [-0.3, -0.25) is 0 Å². The second kappa shape index (κ2) is 5.62. The highest BCUT2D eigenvalue weighted by molar-refractivity contribution is 5.89. The van der Waals surface area contributed by atoms with Crippen LogP contribution in [0, 0.1) is 6.92 Å². The molecule has 2 aromatic heterocycles. The van der Waals surface area contributed by atoms with Crippen molar-refractivity contribution in [3.8, 4) is 0 Å². The number of urea groups is 1. The average molecular weight is 343 g/mol. The molecule has 1 aliphatic rings. The lowest BCUT2D eigenvalue weighted by Crippen LogP contribution is -2.55. The van der Waals surface area contributed by atoms with Gasteiger partial charge in [0.1, 0.15) is 5.82 Å². The minimum atomic E-state index is -4.69. The Morgan fingerprint density at radius 1 is 1.33 bits per heavy atom. The zero-order chi connectivity index (χ0) is 17.5. The van der Waals surface area contributed by atoms with Crippen molar-refractivity contribution in [3.05, 3.63) is 24.2 Å². The number of nitrogens with one attached hydrogen (secondary N) is 1. The SMILES string of the molecule is Cc1nc2ccc(NC(=O)N3CCC(O)(C(F)(F)F)CC3)cn2n1. The largest absolute Gasteiger partial charge is 0.417 e. The maximum Gasteiger partial charge on any atom is 0.417 e. The molecule has 2 aromatic rings. The summed E-state index contributed by atoms with van der Waals surface area (Å²) in [6.45, 7) is 1.39. The first-order chi connectivity index (χ1) is 11.2. The predicted molar refractivity (Wildman–Crippen MR) is 78.6 cm³/mol. The van der Waals surface area contributed by atoms with Crippen LogP contribution in [0.4, 0.5) is 23.7 Å². The number of likely N-dealkylation sites (tertiary alicyclic amines) is 1. The van der Waals surface area contributed by atoms with Crippen molar-refractivity contribution in [1.82, 2.24) is 19.5 Å². The molecule has 1 aliphatic heterocycles. The number of fused-ring (bicyclic) bond motifs is 1. The number of pyridine rings is 1. The Hall–Kier alpha value is -2.36. The van der Waals surface area contributed by atoms with Crippen LogP contribution in [0.5, 0.6) is 0 Å². The smallest absolute Gasteiger partial charge is 0.380 e. The number of rotatable bonds is 1. The summed E-state index contributed by atoms with van der Waals surface area (Å²) in [5.74, 6) is 0.584. The summed E-state index contributed by atoms with van der Waals surface area (Å²) in [6.07, 6.45) is -4.19. The molecule has 0 unspecified atom stereocenters. The van der Waals surface area contributed by atoms with Gasteiger partial charge in [0.25, 0.3) is 0 Å². The van der Waals surface area contributed by atoms with Gasteiger partial charge in [-0.2, -0.15) is 18.3 Å². The Morgan fingerprint density at radius 2 is 2.00 bits per heavy atom. The molecule has 24 heavy (non-hydrogen) atoms. The fourth-order valence-corrected chi connectivity index (χ4v) is 2.63. The van der Waals surface area contributed by atoms with E-state index in [2.05, 4.69) is 15.4 Å². The number of carbonyl (C=O) groups excluding carboxylic acids is 1. The summed E-state index contributed by atoms with van der Waals surface area (Å²) in [6, 6.07) is 2.79. The monoisotopic (exact) mass is 343 g/mol. The van der Waals surface area contributed by atoms with Crippen LogP contribution in [0.15, 0.2) is 18.3 Å². The van der Waals surface area contributed by atoms with Crippen LogP contribution in [0.1, 0.15) is 18.7 Å². The van der Waals surface area contributed by atoms with Gasteiger partial charge in [-0.1, -0.05) is 0 Å². The first kappa shape index (κ1) is 16.5. The molecule has 10 heteroatoms. The maximum atomic E-state index is 12.8. The molecular formula is C14H16F3N5O2. The third-order valence-corrected chi connectivity index (χ3v) is 4.09. The summed E-state index contributed by atoms with van der Waals surface area (Å²) < 4.78 is 39.8. The van der Waals surface area contributed by atoms with E-state index in [1.54, 1.807) is 25.3 Å². The van der Waals surface area contributed by atoms with Crippen molar-refractivity contribution in [2.75, 3.05) is 18.4 Å². The molecule has 0 saturated carbocycles. The molecule has 2 N–H and O–H groups in total.